The van der Waals surface area contributed by atoms with Gasteiger partial charge in [-0.05, 0) is 211 Å². The van der Waals surface area contributed by atoms with Crippen molar-refractivity contribution in [3.8, 4) is 0 Å². The van der Waals surface area contributed by atoms with E-state index in [0.29, 0.717) is 113 Å². The van der Waals surface area contributed by atoms with Crippen LogP contribution in [0.3, 0.4) is 0 Å². The van der Waals surface area contributed by atoms with Gasteiger partial charge in [0.1, 0.15) is 23.7 Å². The first-order valence-corrected chi connectivity index (χ1v) is 41.3. The first kappa shape index (κ1) is 81.3. The van der Waals surface area contributed by atoms with Crippen molar-refractivity contribution in [3.05, 3.63) is 213 Å². The summed E-state index contributed by atoms with van der Waals surface area (Å²) in [5, 5.41) is 23.4. The molecule has 3 N–H and O–H groups in total. The van der Waals surface area contributed by atoms with E-state index < -0.39 is 0 Å². The van der Waals surface area contributed by atoms with Gasteiger partial charge < -0.3 is 64.5 Å². The second kappa shape index (κ2) is 37.1. The Morgan fingerprint density at radius 3 is 1.16 bits per heavy atom. The number of anilines is 9. The molecule has 7 aliphatic rings. The lowest BCUT2D eigenvalue weighted by Gasteiger charge is -2.34. The summed E-state index contributed by atoms with van der Waals surface area (Å²) in [6.07, 6.45) is 17.7. The molecule has 608 valence electrons. The topological polar surface area (TPSA) is 250 Å². The van der Waals surface area contributed by atoms with E-state index in [4.69, 9.17) is 9.47 Å². The first-order valence-electron chi connectivity index (χ1n) is 41.3. The molecular formula is C91H110N16O9. The summed E-state index contributed by atoms with van der Waals surface area (Å²) >= 11 is 0. The molecule has 4 saturated heterocycles. The summed E-state index contributed by atoms with van der Waals surface area (Å²) < 4.78 is 16.7. The van der Waals surface area contributed by atoms with Gasteiger partial charge in [-0.1, -0.05) is 67.9 Å². The quantitative estimate of drug-likeness (QED) is 0.0637. The van der Waals surface area contributed by atoms with Crippen LogP contribution in [0.1, 0.15) is 159 Å². The molecule has 0 radical (unpaired) electrons. The van der Waals surface area contributed by atoms with Crippen molar-refractivity contribution in [3.63, 3.8) is 0 Å². The van der Waals surface area contributed by atoms with E-state index in [1.54, 1.807) is 36.2 Å². The zero-order valence-electron chi connectivity index (χ0n) is 68.3. The van der Waals surface area contributed by atoms with Gasteiger partial charge in [0.2, 0.25) is 17.7 Å². The number of nitrogens with zero attached hydrogens (tertiary/aromatic N) is 13. The van der Waals surface area contributed by atoms with E-state index in [9.17, 15) is 33.6 Å². The van der Waals surface area contributed by atoms with Crippen LogP contribution < -0.4 is 30.7 Å². The Morgan fingerprint density at radius 1 is 0.474 bits per heavy atom. The third-order valence-corrected chi connectivity index (χ3v) is 24.1. The molecule has 0 spiro atoms. The fourth-order valence-electron chi connectivity index (χ4n) is 17.1. The summed E-state index contributed by atoms with van der Waals surface area (Å²) in [5.41, 5.74) is 16.2. The summed E-state index contributed by atoms with van der Waals surface area (Å²) in [7, 11) is 7.89. The van der Waals surface area contributed by atoms with E-state index in [-0.39, 0.29) is 47.7 Å². The molecule has 4 fully saturated rings. The van der Waals surface area contributed by atoms with Crippen LogP contribution in [0.15, 0.2) is 146 Å². The summed E-state index contributed by atoms with van der Waals surface area (Å²) in [6, 6.07) is 40.9. The Hall–Kier alpha value is -11.3. The molecular weight excluding hydrogens is 1460 g/mol. The zero-order valence-corrected chi connectivity index (χ0v) is 68.3. The number of aromatic nitrogens is 6. The molecule has 0 saturated carbocycles. The van der Waals surface area contributed by atoms with Crippen molar-refractivity contribution in [1.29, 1.82) is 0 Å². The number of likely N-dealkylation sites (tertiary alicyclic amines) is 3. The fraction of sp³-hybridized carbons (Fsp3) is 0.429. The number of carbonyl (C=O) groups is 7. The lowest BCUT2D eigenvalue weighted by atomic mass is 9.95. The van der Waals surface area contributed by atoms with E-state index in [1.807, 2.05) is 195 Å². The number of amides is 6. The Labute approximate surface area is 680 Å². The maximum atomic E-state index is 13.8. The summed E-state index contributed by atoms with van der Waals surface area (Å²) in [6.45, 7) is 17.7. The van der Waals surface area contributed by atoms with E-state index >= 15 is 0 Å². The molecule has 6 aromatic carbocycles. The van der Waals surface area contributed by atoms with E-state index in [0.717, 1.165) is 186 Å². The predicted octanol–water partition coefficient (Wildman–Crippen LogP) is 13.7. The molecule has 6 amide bonds. The van der Waals surface area contributed by atoms with Crippen LogP contribution in [0, 0.1) is 38.5 Å². The summed E-state index contributed by atoms with van der Waals surface area (Å²) in [5.74, 6) is 4.16. The Kier molecular flexibility index (Phi) is 26.0. The maximum absolute atomic E-state index is 13.8. The number of aryl methyl sites for hydroxylation is 9. The molecule has 0 aliphatic carbocycles. The number of carbonyl (C=O) groups excluding carboxylic acids is 7. The number of nitrogens with one attached hydrogen (secondary N) is 3. The maximum Gasteiger partial charge on any atom is 0.258 e. The van der Waals surface area contributed by atoms with Gasteiger partial charge in [0, 0.05) is 131 Å². The van der Waals surface area contributed by atoms with Crippen molar-refractivity contribution in [2.75, 3.05) is 103 Å². The minimum atomic E-state index is -0.100. The number of aldehydes is 1. The van der Waals surface area contributed by atoms with Crippen LogP contribution in [-0.4, -0.2) is 170 Å². The second-order valence-electron chi connectivity index (χ2n) is 32.1. The monoisotopic (exact) mass is 1570 g/mol. The fourth-order valence-corrected chi connectivity index (χ4v) is 17.1. The number of rotatable bonds is 19. The minimum absolute atomic E-state index is 0.0510. The van der Waals surface area contributed by atoms with Gasteiger partial charge in [-0.25, -0.2) is 0 Å². The second-order valence-corrected chi connectivity index (χ2v) is 32.1. The van der Waals surface area contributed by atoms with Crippen molar-refractivity contribution in [1.82, 2.24) is 48.9 Å². The number of fused-ring (bicyclic) bond motifs is 6. The standard InChI is InChI=1S/C33H44N6O2.C30H35N5O4.C28H31N5O3/c1-5-6-17-36(3)22-25-15-18-38(19-16-25)31(40)14-13-26-11-12-27(20-24(26)2)33(41)39-23-28-21-34-37(4)32(28)35-29-9-7-8-10-30(29)39;1-20-17-23(29(37)35-19-24-18-31-33(2)28(24)32-25-5-3-4-6-26(25)35)8-7-21(20)9-10-27(36)34-13-11-22(12-14-34)30-38-15-16-39-30;1-19-15-22(8-7-21(19)9-10-26(35)32-13-11-20(18-34)12-14-32)28(36)33-17-23-16-29-31(2)27(23)30-24-5-3-4-6-25(24)33/h7-12,20-21,25,35H,5-6,13-19,22-23H2,1-4H3;3-8,17-18,22,30,32H,9-16,19H2,1-2H3;3-8,15-16,18,20,30H,9-14,17H2,1-2H3. The van der Waals surface area contributed by atoms with Crippen molar-refractivity contribution in [2.45, 2.75) is 144 Å². The number of unbranched alkanes of at least 4 members (excludes halogenated alkanes) is 1. The molecule has 116 heavy (non-hydrogen) atoms. The van der Waals surface area contributed by atoms with Crippen LogP contribution in [0.25, 0.3) is 0 Å². The highest BCUT2D eigenvalue weighted by atomic mass is 16.7. The SMILES string of the molecule is CCCCN(C)CC1CCN(C(=O)CCc2ccc(C(=O)N3Cc4cnn(C)c4Nc4ccccc43)cc2C)CC1.Cc1cc(C(=O)N2Cc3cnn(C)c3Nc3ccccc32)ccc1CCC(=O)N1CCC(C2OCCO2)CC1.Cc1cc(C(=O)N2Cc3cnn(C)c3Nc3ccccc32)ccc1CCC(=O)N1CCC(C=O)CC1. The van der Waals surface area contributed by atoms with Crippen molar-refractivity contribution < 1.29 is 43.0 Å². The number of ether oxygens (including phenoxy) is 2. The largest absolute Gasteiger partial charge is 0.350 e. The third-order valence-electron chi connectivity index (χ3n) is 24.1. The lowest BCUT2D eigenvalue weighted by Crippen LogP contribution is -2.41. The summed E-state index contributed by atoms with van der Waals surface area (Å²) in [4.78, 5) is 105. The molecule has 7 aliphatic heterocycles. The minimum Gasteiger partial charge on any atom is -0.350 e. The number of para-hydroxylation sites is 6. The van der Waals surface area contributed by atoms with Gasteiger partial charge >= 0.3 is 0 Å². The Bertz CT molecular complexity index is 5030. The van der Waals surface area contributed by atoms with Gasteiger partial charge in [-0.15, -0.1) is 0 Å². The molecule has 0 bridgehead atoms. The molecule has 3 aromatic heterocycles. The zero-order chi connectivity index (χ0) is 81.1. The first-order chi connectivity index (χ1) is 56.2. The number of benzene rings is 6. The average Bonchev–Trinajstić information content (AvgIpc) is 1.63. The molecule has 9 aromatic rings. The smallest absolute Gasteiger partial charge is 0.258 e. The lowest BCUT2D eigenvalue weighted by molar-refractivity contribution is -0.137. The predicted molar refractivity (Wildman–Crippen MR) is 451 cm³/mol. The molecule has 16 rings (SSSR count). The van der Waals surface area contributed by atoms with Crippen LogP contribution in [0.2, 0.25) is 0 Å². The van der Waals surface area contributed by atoms with Crippen LogP contribution in [-0.2, 0) is 88.7 Å². The normalized spacial score (nSPS) is 16.2. The Balaban J connectivity index is 0.000000144. The van der Waals surface area contributed by atoms with Crippen LogP contribution in [0.4, 0.5) is 51.6 Å². The third kappa shape index (κ3) is 18.8. The van der Waals surface area contributed by atoms with Gasteiger partial charge in [0.05, 0.1) is 85.6 Å². The highest BCUT2D eigenvalue weighted by Gasteiger charge is 2.35. The van der Waals surface area contributed by atoms with Crippen molar-refractivity contribution in [2.24, 2.45) is 38.9 Å². The van der Waals surface area contributed by atoms with Gasteiger partial charge in [0.25, 0.3) is 17.7 Å². The molecule has 0 unspecified atom stereocenters. The van der Waals surface area contributed by atoms with Gasteiger partial charge in [0.15, 0.2) is 6.29 Å². The van der Waals surface area contributed by atoms with Crippen LogP contribution in [0.5, 0.6) is 0 Å². The molecule has 0 atom stereocenters. The van der Waals surface area contributed by atoms with Gasteiger partial charge in [-0.2, -0.15) is 15.3 Å². The van der Waals surface area contributed by atoms with E-state index in [2.05, 4.69) is 50.1 Å². The highest BCUT2D eigenvalue weighted by molar-refractivity contribution is 6.10. The number of piperidine rings is 3. The van der Waals surface area contributed by atoms with Crippen LogP contribution >= 0.6 is 0 Å². The number of hydrogen-bond acceptors (Lipinski definition) is 16. The van der Waals surface area contributed by atoms with E-state index in [1.165, 1.54) is 12.8 Å². The Morgan fingerprint density at radius 2 is 0.819 bits per heavy atom. The van der Waals surface area contributed by atoms with Gasteiger partial charge in [-0.3, -0.25) is 42.8 Å². The van der Waals surface area contributed by atoms with Crippen molar-refractivity contribution >= 4 is 93.3 Å². The average molecular weight is 1570 g/mol. The molecule has 10 heterocycles. The molecule has 25 heteroatoms. The molecule has 25 nitrogen and oxygen atoms in total. The highest BCUT2D eigenvalue weighted by Crippen LogP contribution is 2.41. The number of hydrogen-bond donors (Lipinski definition) is 3.